The zero-order valence-electron chi connectivity index (χ0n) is 12.5. The first-order chi connectivity index (χ1) is 9.35. The molecule has 3 atom stereocenters. The fourth-order valence-corrected chi connectivity index (χ4v) is 3.91. The number of carbonyl (C=O) groups is 2. The molecule has 0 bridgehead atoms. The first kappa shape index (κ1) is 13.9. The van der Waals surface area contributed by atoms with Crippen molar-refractivity contribution >= 4 is 11.9 Å². The molecule has 5 nitrogen and oxygen atoms in total. The third kappa shape index (κ3) is 1.94. The Labute approximate surface area is 119 Å². The molecule has 0 aromatic heterocycles. The zero-order chi connectivity index (χ0) is 14.5. The monoisotopic (exact) mass is 281 g/mol. The molecule has 2 aliphatic heterocycles. The molecule has 2 saturated heterocycles. The molecule has 0 aromatic carbocycles. The van der Waals surface area contributed by atoms with Crippen LogP contribution >= 0.6 is 0 Å². The third-order valence-corrected chi connectivity index (χ3v) is 4.70. The molecule has 0 aromatic rings. The van der Waals surface area contributed by atoms with E-state index in [0.29, 0.717) is 25.5 Å². The number of piperidine rings is 1. The minimum absolute atomic E-state index is 0.00188. The number of hydrogen-bond acceptors (Lipinski definition) is 4. The number of nitrogens with zero attached hydrogens (tertiary/aromatic N) is 1. The van der Waals surface area contributed by atoms with E-state index in [9.17, 15) is 9.59 Å². The average Bonchev–Trinajstić information content (AvgIpc) is 2.87. The standard InChI is InChI=1S/C15H23NO4/c1-14(2,3)20-13(18)16-7-4-5-10-11(16)15(12(10)17)6-8-19-9-15/h10-11H,4-9H2,1-3H3. The highest BCUT2D eigenvalue weighted by molar-refractivity contribution is 5.97. The van der Waals surface area contributed by atoms with Crippen LogP contribution in [0.25, 0.3) is 0 Å². The molecule has 3 unspecified atom stereocenters. The topological polar surface area (TPSA) is 55.8 Å². The Morgan fingerprint density at radius 3 is 2.80 bits per heavy atom. The van der Waals surface area contributed by atoms with Crippen LogP contribution in [0.5, 0.6) is 0 Å². The number of Topliss-reactive ketones (excluding diaryl/α,β-unsaturated/α-hetero) is 1. The van der Waals surface area contributed by atoms with Crippen molar-refractivity contribution in [1.29, 1.82) is 0 Å². The molecule has 3 rings (SSSR count). The van der Waals surface area contributed by atoms with Gasteiger partial charge in [-0.15, -0.1) is 0 Å². The number of amides is 1. The normalized spacial score (nSPS) is 36.8. The van der Waals surface area contributed by atoms with Gasteiger partial charge in [-0.2, -0.15) is 0 Å². The highest BCUT2D eigenvalue weighted by Gasteiger charge is 2.66. The Balaban J connectivity index is 1.81. The van der Waals surface area contributed by atoms with Crippen LogP contribution < -0.4 is 0 Å². The SMILES string of the molecule is CC(C)(C)OC(=O)N1CCCC2C(=O)C3(CCOC3)C21. The van der Waals surface area contributed by atoms with Gasteiger partial charge in [0.25, 0.3) is 0 Å². The summed E-state index contributed by atoms with van der Waals surface area (Å²) in [5.41, 5.74) is -0.945. The molecule has 1 aliphatic carbocycles. The fourth-order valence-electron chi connectivity index (χ4n) is 3.91. The lowest BCUT2D eigenvalue weighted by atomic mass is 9.53. The molecule has 2 heterocycles. The quantitative estimate of drug-likeness (QED) is 0.681. The summed E-state index contributed by atoms with van der Waals surface area (Å²) in [6, 6.07) is -0.0129. The van der Waals surface area contributed by atoms with E-state index >= 15 is 0 Å². The van der Waals surface area contributed by atoms with Crippen molar-refractivity contribution in [2.45, 2.75) is 51.7 Å². The summed E-state index contributed by atoms with van der Waals surface area (Å²) in [6.07, 6.45) is 2.23. The fraction of sp³-hybridized carbons (Fsp3) is 0.867. The van der Waals surface area contributed by atoms with Gasteiger partial charge in [-0.05, 0) is 40.0 Å². The number of fused-ring (bicyclic) bond motifs is 2. The van der Waals surface area contributed by atoms with E-state index in [1.165, 1.54) is 0 Å². The molecule has 20 heavy (non-hydrogen) atoms. The van der Waals surface area contributed by atoms with Crippen LogP contribution in [0.15, 0.2) is 0 Å². The van der Waals surface area contributed by atoms with Crippen LogP contribution in [-0.4, -0.2) is 48.2 Å². The van der Waals surface area contributed by atoms with E-state index in [0.717, 1.165) is 19.3 Å². The summed E-state index contributed by atoms with van der Waals surface area (Å²) in [6.45, 7) is 7.38. The van der Waals surface area contributed by atoms with Crippen LogP contribution in [-0.2, 0) is 14.3 Å². The molecule has 3 aliphatic rings. The summed E-state index contributed by atoms with van der Waals surface area (Å²) in [5.74, 6) is 0.297. The highest BCUT2D eigenvalue weighted by Crippen LogP contribution is 2.54. The van der Waals surface area contributed by atoms with E-state index in [4.69, 9.17) is 9.47 Å². The molecule has 1 saturated carbocycles. The summed E-state index contributed by atoms with van der Waals surface area (Å²) in [7, 11) is 0. The van der Waals surface area contributed by atoms with Gasteiger partial charge in [0, 0.05) is 19.1 Å². The van der Waals surface area contributed by atoms with Crippen LogP contribution in [0.3, 0.4) is 0 Å². The summed E-state index contributed by atoms with van der Waals surface area (Å²) >= 11 is 0. The van der Waals surface area contributed by atoms with E-state index < -0.39 is 11.0 Å². The lowest BCUT2D eigenvalue weighted by molar-refractivity contribution is -0.165. The van der Waals surface area contributed by atoms with E-state index in [1.807, 2.05) is 20.8 Å². The molecule has 5 heteroatoms. The van der Waals surface area contributed by atoms with E-state index in [-0.39, 0.29) is 18.1 Å². The summed E-state index contributed by atoms with van der Waals surface area (Å²) in [5, 5.41) is 0. The number of rotatable bonds is 0. The lowest BCUT2D eigenvalue weighted by Gasteiger charge is -2.57. The van der Waals surface area contributed by atoms with Crippen molar-refractivity contribution in [1.82, 2.24) is 4.90 Å². The first-order valence-electron chi connectivity index (χ1n) is 7.47. The maximum absolute atomic E-state index is 12.4. The van der Waals surface area contributed by atoms with Gasteiger partial charge < -0.3 is 14.4 Å². The van der Waals surface area contributed by atoms with Crippen LogP contribution in [0, 0.1) is 11.3 Å². The predicted octanol–water partition coefficient (Wildman–Crippen LogP) is 1.99. The van der Waals surface area contributed by atoms with Crippen molar-refractivity contribution in [3.05, 3.63) is 0 Å². The molecule has 3 fully saturated rings. The lowest BCUT2D eigenvalue weighted by Crippen LogP contribution is -2.71. The number of ether oxygens (including phenoxy) is 2. The van der Waals surface area contributed by atoms with Gasteiger partial charge in [0.15, 0.2) is 0 Å². The van der Waals surface area contributed by atoms with Crippen molar-refractivity contribution in [3.8, 4) is 0 Å². The second kappa shape index (κ2) is 4.45. The molecule has 1 spiro atoms. The number of carbonyl (C=O) groups excluding carboxylic acids is 2. The van der Waals surface area contributed by atoms with Gasteiger partial charge >= 0.3 is 6.09 Å². The molecular weight excluding hydrogens is 258 g/mol. The third-order valence-electron chi connectivity index (χ3n) is 4.70. The van der Waals surface area contributed by atoms with Crippen LogP contribution in [0.1, 0.15) is 40.0 Å². The van der Waals surface area contributed by atoms with Gasteiger partial charge in [-0.1, -0.05) is 0 Å². The Bertz CT molecular complexity index is 434. The minimum atomic E-state index is -0.503. The summed E-state index contributed by atoms with van der Waals surface area (Å²) in [4.78, 5) is 26.6. The second-order valence-corrected chi connectivity index (χ2v) is 7.19. The maximum atomic E-state index is 12.4. The van der Waals surface area contributed by atoms with Gasteiger partial charge in [-0.3, -0.25) is 4.79 Å². The van der Waals surface area contributed by atoms with E-state index in [1.54, 1.807) is 4.90 Å². The molecule has 0 radical (unpaired) electrons. The number of ketones is 1. The Morgan fingerprint density at radius 2 is 2.20 bits per heavy atom. The van der Waals surface area contributed by atoms with Crippen molar-refractivity contribution in [2.75, 3.05) is 19.8 Å². The zero-order valence-corrected chi connectivity index (χ0v) is 12.5. The van der Waals surface area contributed by atoms with Gasteiger partial charge in [-0.25, -0.2) is 4.79 Å². The Hall–Kier alpha value is -1.10. The van der Waals surface area contributed by atoms with Crippen molar-refractivity contribution in [3.63, 3.8) is 0 Å². The largest absolute Gasteiger partial charge is 0.444 e. The first-order valence-corrected chi connectivity index (χ1v) is 7.47. The van der Waals surface area contributed by atoms with Gasteiger partial charge in [0.2, 0.25) is 0 Å². The number of hydrogen-bond donors (Lipinski definition) is 0. The molecule has 0 N–H and O–H groups in total. The maximum Gasteiger partial charge on any atom is 0.410 e. The van der Waals surface area contributed by atoms with E-state index in [2.05, 4.69) is 0 Å². The smallest absolute Gasteiger partial charge is 0.410 e. The Morgan fingerprint density at radius 1 is 1.45 bits per heavy atom. The van der Waals surface area contributed by atoms with Crippen LogP contribution in [0.2, 0.25) is 0 Å². The molecule has 112 valence electrons. The van der Waals surface area contributed by atoms with Crippen molar-refractivity contribution in [2.24, 2.45) is 11.3 Å². The summed E-state index contributed by atoms with van der Waals surface area (Å²) < 4.78 is 11.0. The highest BCUT2D eigenvalue weighted by atomic mass is 16.6. The second-order valence-electron chi connectivity index (χ2n) is 7.19. The predicted molar refractivity (Wildman–Crippen MR) is 72.3 cm³/mol. The van der Waals surface area contributed by atoms with Crippen LogP contribution in [0.4, 0.5) is 4.79 Å². The molecular formula is C15H23NO4. The van der Waals surface area contributed by atoms with Gasteiger partial charge in [0.1, 0.15) is 11.4 Å². The van der Waals surface area contributed by atoms with Crippen molar-refractivity contribution < 1.29 is 19.1 Å². The molecule has 1 amide bonds. The average molecular weight is 281 g/mol. The Kier molecular flexibility index (Phi) is 3.08. The minimum Gasteiger partial charge on any atom is -0.444 e. The number of likely N-dealkylation sites (tertiary alicyclic amines) is 1. The van der Waals surface area contributed by atoms with Gasteiger partial charge in [0.05, 0.1) is 18.1 Å².